The Balaban J connectivity index is 2.56. The number of nitrogens with one attached hydrogen (secondary N) is 2. The van der Waals surface area contributed by atoms with Crippen molar-refractivity contribution in [2.45, 2.75) is 12.8 Å². The lowest BCUT2D eigenvalue weighted by atomic mass is 10.1. The van der Waals surface area contributed by atoms with E-state index >= 15 is 0 Å². The molecule has 0 unspecified atom stereocenters. The van der Waals surface area contributed by atoms with Gasteiger partial charge in [0.15, 0.2) is 0 Å². The maximum Gasteiger partial charge on any atom is 0.236 e. The van der Waals surface area contributed by atoms with Crippen molar-refractivity contribution in [3.8, 4) is 12.3 Å². The zero-order chi connectivity index (χ0) is 9.90. The predicted molar refractivity (Wildman–Crippen MR) is 47.6 cm³/mol. The molecular weight excluding hydrogens is 168 g/mol. The van der Waals surface area contributed by atoms with E-state index in [0.717, 1.165) is 0 Å². The number of hydrogen-bond donors (Lipinski definition) is 2. The lowest BCUT2D eigenvalue weighted by molar-refractivity contribution is -0.136. The zero-order valence-corrected chi connectivity index (χ0v) is 7.52. The van der Waals surface area contributed by atoms with E-state index in [1.165, 1.54) is 7.05 Å². The molecule has 0 aromatic rings. The second-order valence-corrected chi connectivity index (χ2v) is 3.05. The van der Waals surface area contributed by atoms with Gasteiger partial charge in [-0.15, -0.1) is 6.42 Å². The van der Waals surface area contributed by atoms with Crippen LogP contribution in [0.2, 0.25) is 0 Å². The highest BCUT2D eigenvalue weighted by molar-refractivity contribution is 6.07. The van der Waals surface area contributed by atoms with Crippen molar-refractivity contribution in [3.05, 3.63) is 0 Å². The van der Waals surface area contributed by atoms with Gasteiger partial charge in [0.05, 0.1) is 6.54 Å². The van der Waals surface area contributed by atoms with E-state index in [1.807, 2.05) is 0 Å². The lowest BCUT2D eigenvalue weighted by Gasteiger charge is -2.11. The molecule has 4 heteroatoms. The summed E-state index contributed by atoms with van der Waals surface area (Å²) in [5, 5.41) is 4.99. The summed E-state index contributed by atoms with van der Waals surface area (Å²) in [5.41, 5.74) is -0.828. The molecule has 0 aliphatic heterocycles. The molecule has 13 heavy (non-hydrogen) atoms. The summed E-state index contributed by atoms with van der Waals surface area (Å²) in [6, 6.07) is 0. The molecule has 0 aromatic heterocycles. The first-order valence-corrected chi connectivity index (χ1v) is 4.11. The molecule has 0 heterocycles. The third-order valence-corrected chi connectivity index (χ3v) is 2.20. The van der Waals surface area contributed by atoms with Crippen LogP contribution < -0.4 is 10.6 Å². The van der Waals surface area contributed by atoms with Crippen molar-refractivity contribution in [2.24, 2.45) is 5.41 Å². The molecule has 0 atom stereocenters. The lowest BCUT2D eigenvalue weighted by Crippen LogP contribution is -2.41. The highest BCUT2D eigenvalue weighted by Gasteiger charge is 2.55. The second-order valence-electron chi connectivity index (χ2n) is 3.05. The number of amides is 2. The highest BCUT2D eigenvalue weighted by atomic mass is 16.2. The molecule has 70 valence electrons. The Hall–Kier alpha value is -1.50. The summed E-state index contributed by atoms with van der Waals surface area (Å²) in [4.78, 5) is 22.7. The number of hydrogen-bond acceptors (Lipinski definition) is 2. The number of carbonyl (C=O) groups excluding carboxylic acids is 2. The Labute approximate surface area is 77.1 Å². The van der Waals surface area contributed by atoms with Gasteiger partial charge in [-0.2, -0.15) is 0 Å². The van der Waals surface area contributed by atoms with Crippen LogP contribution in [0, 0.1) is 17.8 Å². The first-order valence-electron chi connectivity index (χ1n) is 4.11. The molecule has 0 bridgehead atoms. The summed E-state index contributed by atoms with van der Waals surface area (Å²) in [5.74, 6) is 1.81. The normalized spacial score (nSPS) is 16.9. The smallest absolute Gasteiger partial charge is 0.236 e. The third kappa shape index (κ3) is 1.64. The van der Waals surface area contributed by atoms with Gasteiger partial charge in [-0.05, 0) is 12.8 Å². The van der Waals surface area contributed by atoms with Crippen molar-refractivity contribution in [1.29, 1.82) is 0 Å². The minimum atomic E-state index is -0.828. The Morgan fingerprint density at radius 1 is 1.46 bits per heavy atom. The van der Waals surface area contributed by atoms with Crippen molar-refractivity contribution in [3.63, 3.8) is 0 Å². The molecule has 1 aliphatic carbocycles. The first kappa shape index (κ1) is 9.59. The van der Waals surface area contributed by atoms with Crippen LogP contribution in [-0.4, -0.2) is 25.4 Å². The minimum absolute atomic E-state index is 0.178. The van der Waals surface area contributed by atoms with Gasteiger partial charge in [-0.3, -0.25) is 9.59 Å². The molecule has 4 nitrogen and oxygen atoms in total. The fourth-order valence-electron chi connectivity index (χ4n) is 1.22. The quantitative estimate of drug-likeness (QED) is 0.444. The van der Waals surface area contributed by atoms with E-state index in [-0.39, 0.29) is 18.4 Å². The topological polar surface area (TPSA) is 58.2 Å². The fraction of sp³-hybridized carbons (Fsp3) is 0.556. The average molecular weight is 180 g/mol. The molecular formula is C9H12N2O2. The van der Waals surface area contributed by atoms with Crippen LogP contribution in [0.25, 0.3) is 0 Å². The molecule has 2 amide bonds. The molecule has 0 radical (unpaired) electrons. The summed E-state index contributed by atoms with van der Waals surface area (Å²) in [7, 11) is 1.52. The standard InChI is InChI=1S/C9H12N2O2/c1-3-6-11-8(13)9(4-5-9)7(12)10-2/h1H,4-6H2,2H3,(H,10,12)(H,11,13). The monoisotopic (exact) mass is 180 g/mol. The molecule has 0 aromatic carbocycles. The Kier molecular flexibility index (Phi) is 2.57. The van der Waals surface area contributed by atoms with Gasteiger partial charge in [0.1, 0.15) is 5.41 Å². The molecule has 1 fully saturated rings. The van der Waals surface area contributed by atoms with Gasteiger partial charge < -0.3 is 10.6 Å². The fourth-order valence-corrected chi connectivity index (χ4v) is 1.22. The van der Waals surface area contributed by atoms with E-state index < -0.39 is 5.41 Å². The average Bonchev–Trinajstić information content (AvgIpc) is 2.93. The van der Waals surface area contributed by atoms with Crippen LogP contribution in [0.4, 0.5) is 0 Å². The molecule has 0 saturated heterocycles. The molecule has 0 spiro atoms. The van der Waals surface area contributed by atoms with Gasteiger partial charge >= 0.3 is 0 Å². The highest BCUT2D eigenvalue weighted by Crippen LogP contribution is 2.45. The van der Waals surface area contributed by atoms with Crippen LogP contribution in [0.3, 0.4) is 0 Å². The van der Waals surface area contributed by atoms with Crippen LogP contribution in [0.15, 0.2) is 0 Å². The number of rotatable bonds is 3. The largest absolute Gasteiger partial charge is 0.358 e. The van der Waals surface area contributed by atoms with Gasteiger partial charge in [-0.1, -0.05) is 5.92 Å². The molecule has 1 saturated carbocycles. The molecule has 1 rings (SSSR count). The van der Waals surface area contributed by atoms with Crippen LogP contribution in [0.1, 0.15) is 12.8 Å². The molecule has 1 aliphatic rings. The van der Waals surface area contributed by atoms with Crippen LogP contribution in [0.5, 0.6) is 0 Å². The third-order valence-electron chi connectivity index (χ3n) is 2.20. The van der Waals surface area contributed by atoms with Crippen molar-refractivity contribution in [1.82, 2.24) is 10.6 Å². The van der Waals surface area contributed by atoms with E-state index in [9.17, 15) is 9.59 Å². The van der Waals surface area contributed by atoms with Crippen molar-refractivity contribution >= 4 is 11.8 Å². The summed E-state index contributed by atoms with van der Waals surface area (Å²) in [6.45, 7) is 0.178. The van der Waals surface area contributed by atoms with Gasteiger partial charge in [0, 0.05) is 7.05 Å². The van der Waals surface area contributed by atoms with Gasteiger partial charge in [0.2, 0.25) is 11.8 Å². The van der Waals surface area contributed by atoms with Crippen LogP contribution in [-0.2, 0) is 9.59 Å². The number of carbonyl (C=O) groups is 2. The summed E-state index contributed by atoms with van der Waals surface area (Å²) < 4.78 is 0. The maximum atomic E-state index is 11.4. The Morgan fingerprint density at radius 2 is 2.08 bits per heavy atom. The Bertz CT molecular complexity index is 274. The molecule has 2 N–H and O–H groups in total. The van der Waals surface area contributed by atoms with E-state index in [1.54, 1.807) is 0 Å². The summed E-state index contributed by atoms with van der Waals surface area (Å²) >= 11 is 0. The van der Waals surface area contributed by atoms with Crippen molar-refractivity contribution in [2.75, 3.05) is 13.6 Å². The van der Waals surface area contributed by atoms with Crippen molar-refractivity contribution < 1.29 is 9.59 Å². The SMILES string of the molecule is C#CCNC(=O)C1(C(=O)NC)CC1. The minimum Gasteiger partial charge on any atom is -0.358 e. The second kappa shape index (κ2) is 3.48. The van der Waals surface area contributed by atoms with E-state index in [4.69, 9.17) is 6.42 Å². The zero-order valence-electron chi connectivity index (χ0n) is 7.52. The van der Waals surface area contributed by atoms with E-state index in [0.29, 0.717) is 12.8 Å². The number of terminal acetylenes is 1. The van der Waals surface area contributed by atoms with E-state index in [2.05, 4.69) is 16.6 Å². The van der Waals surface area contributed by atoms with Gasteiger partial charge in [0.25, 0.3) is 0 Å². The van der Waals surface area contributed by atoms with Gasteiger partial charge in [-0.25, -0.2) is 0 Å². The maximum absolute atomic E-state index is 11.4. The Morgan fingerprint density at radius 3 is 2.46 bits per heavy atom. The predicted octanol–water partition coefficient (Wildman–Crippen LogP) is -0.738. The summed E-state index contributed by atoms with van der Waals surface area (Å²) in [6.07, 6.45) is 6.21. The first-order chi connectivity index (χ1) is 6.17. The van der Waals surface area contributed by atoms with Crippen LogP contribution >= 0.6 is 0 Å².